The highest BCUT2D eigenvalue weighted by Crippen LogP contribution is 2.28. The molecule has 0 bridgehead atoms. The number of nitrogens with zero attached hydrogens (tertiary/aromatic N) is 5. The molecule has 4 rings (SSSR count). The summed E-state index contributed by atoms with van der Waals surface area (Å²) in [6, 6.07) is 9.90. The lowest BCUT2D eigenvalue weighted by Gasteiger charge is -2.34. The number of carbonyl (C=O) groups is 1. The summed E-state index contributed by atoms with van der Waals surface area (Å²) in [6.45, 7) is 4.77. The molecule has 2 aliphatic rings. The Morgan fingerprint density at radius 1 is 1.18 bits per heavy atom. The lowest BCUT2D eigenvalue weighted by molar-refractivity contribution is -0.133. The topological polar surface area (TPSA) is 88.0 Å². The van der Waals surface area contributed by atoms with Gasteiger partial charge >= 0.3 is 0 Å². The maximum absolute atomic E-state index is 13.1. The van der Waals surface area contributed by atoms with Crippen molar-refractivity contribution >= 4 is 11.9 Å². The summed E-state index contributed by atoms with van der Waals surface area (Å²) < 4.78 is 1.63. The van der Waals surface area contributed by atoms with Gasteiger partial charge in [-0.3, -0.25) is 4.79 Å². The first kappa shape index (κ1) is 18.9. The fourth-order valence-electron chi connectivity index (χ4n) is 3.69. The van der Waals surface area contributed by atoms with Crippen molar-refractivity contribution in [2.24, 2.45) is 5.92 Å². The van der Waals surface area contributed by atoms with Gasteiger partial charge in [0.15, 0.2) is 0 Å². The molecule has 1 aromatic carbocycles. The van der Waals surface area contributed by atoms with Crippen LogP contribution in [0, 0.1) is 5.92 Å². The van der Waals surface area contributed by atoms with E-state index in [1.165, 1.54) is 12.8 Å². The Morgan fingerprint density at radius 2 is 1.93 bits per heavy atom. The number of anilines is 1. The Bertz CT molecular complexity index is 766. The minimum atomic E-state index is -0.329. The van der Waals surface area contributed by atoms with Gasteiger partial charge in [0.05, 0.1) is 5.69 Å². The zero-order valence-corrected chi connectivity index (χ0v) is 16.4. The number of rotatable bonds is 8. The van der Waals surface area contributed by atoms with E-state index in [2.05, 4.69) is 26.2 Å². The normalized spacial score (nSPS) is 18.8. The fourth-order valence-corrected chi connectivity index (χ4v) is 3.69. The molecule has 1 unspecified atom stereocenters. The number of benzene rings is 1. The monoisotopic (exact) mass is 383 g/mol. The van der Waals surface area contributed by atoms with Crippen LogP contribution < -0.4 is 10.6 Å². The third kappa shape index (κ3) is 4.49. The second-order valence-corrected chi connectivity index (χ2v) is 7.81. The fraction of sp³-hybridized carbons (Fsp3) is 0.600. The number of hydrogen-bond donors (Lipinski definition) is 2. The summed E-state index contributed by atoms with van der Waals surface area (Å²) in [6.07, 6.45) is 5.47. The Labute approximate surface area is 165 Å². The summed E-state index contributed by atoms with van der Waals surface area (Å²) in [4.78, 5) is 15.0. The molecule has 150 valence electrons. The lowest BCUT2D eigenvalue weighted by atomic mass is 10.0. The number of likely N-dealkylation sites (tertiary alicyclic amines) is 1. The van der Waals surface area contributed by atoms with E-state index in [1.54, 1.807) is 4.68 Å². The smallest absolute Gasteiger partial charge is 0.248 e. The van der Waals surface area contributed by atoms with Crippen molar-refractivity contribution in [2.75, 3.05) is 25.0 Å². The summed E-state index contributed by atoms with van der Waals surface area (Å²) in [5.74, 6) is 1.52. The maximum atomic E-state index is 13.1. The van der Waals surface area contributed by atoms with Gasteiger partial charge in [-0.25, -0.2) is 0 Å². The van der Waals surface area contributed by atoms with Crippen LogP contribution in [0.4, 0.5) is 5.95 Å². The maximum Gasteiger partial charge on any atom is 0.248 e. The minimum absolute atomic E-state index is 0.130. The number of nitrogens with one attached hydrogen (secondary N) is 2. The summed E-state index contributed by atoms with van der Waals surface area (Å²) in [7, 11) is 0. The molecule has 1 aliphatic carbocycles. The second kappa shape index (κ2) is 8.68. The van der Waals surface area contributed by atoms with E-state index in [0.717, 1.165) is 44.1 Å². The number of amides is 1. The van der Waals surface area contributed by atoms with Gasteiger partial charge in [-0.2, -0.15) is 4.68 Å². The number of aromatic nitrogens is 4. The molecule has 1 saturated heterocycles. The number of carbonyl (C=O) groups excluding carboxylic acids is 1. The van der Waals surface area contributed by atoms with Crippen LogP contribution in [0.15, 0.2) is 30.3 Å². The van der Waals surface area contributed by atoms with Gasteiger partial charge < -0.3 is 15.5 Å². The van der Waals surface area contributed by atoms with Crippen LogP contribution in [0.2, 0.25) is 0 Å². The van der Waals surface area contributed by atoms with Gasteiger partial charge in [0.1, 0.15) is 6.04 Å². The molecule has 1 atom stereocenters. The lowest BCUT2D eigenvalue weighted by Crippen LogP contribution is -2.50. The number of hydrogen-bond acceptors (Lipinski definition) is 6. The number of para-hydroxylation sites is 1. The molecule has 8 heteroatoms. The van der Waals surface area contributed by atoms with Gasteiger partial charge in [0.2, 0.25) is 11.9 Å². The average Bonchev–Trinajstić information content (AvgIpc) is 3.47. The third-order valence-corrected chi connectivity index (χ3v) is 5.68. The number of piperidine rings is 1. The molecule has 1 amide bonds. The van der Waals surface area contributed by atoms with Gasteiger partial charge in [0, 0.05) is 19.1 Å². The quantitative estimate of drug-likeness (QED) is 0.723. The molecule has 2 aromatic rings. The molecule has 1 saturated carbocycles. The predicted molar refractivity (Wildman–Crippen MR) is 107 cm³/mol. The molecular weight excluding hydrogens is 354 g/mol. The van der Waals surface area contributed by atoms with E-state index in [9.17, 15) is 4.79 Å². The van der Waals surface area contributed by atoms with Crippen LogP contribution in [0.25, 0.3) is 5.69 Å². The highest BCUT2D eigenvalue weighted by atomic mass is 16.2. The Kier molecular flexibility index (Phi) is 5.85. The molecule has 0 spiro atoms. The van der Waals surface area contributed by atoms with Crippen molar-refractivity contribution in [3.8, 4) is 5.69 Å². The van der Waals surface area contributed by atoms with E-state index in [0.29, 0.717) is 18.4 Å². The van der Waals surface area contributed by atoms with Crippen LogP contribution in [-0.4, -0.2) is 62.7 Å². The van der Waals surface area contributed by atoms with E-state index in [-0.39, 0.29) is 11.9 Å². The van der Waals surface area contributed by atoms with Crippen molar-refractivity contribution in [2.45, 2.75) is 51.1 Å². The van der Waals surface area contributed by atoms with E-state index in [1.807, 2.05) is 42.2 Å². The molecule has 2 heterocycles. The highest BCUT2D eigenvalue weighted by Gasteiger charge is 2.29. The molecule has 2 fully saturated rings. The second-order valence-electron chi connectivity index (χ2n) is 7.81. The van der Waals surface area contributed by atoms with Gasteiger partial charge in [-0.1, -0.05) is 30.2 Å². The van der Waals surface area contributed by atoms with Crippen molar-refractivity contribution < 1.29 is 4.79 Å². The summed E-state index contributed by atoms with van der Waals surface area (Å²) >= 11 is 0. The average molecular weight is 384 g/mol. The first-order chi connectivity index (χ1) is 13.7. The van der Waals surface area contributed by atoms with Crippen LogP contribution in [0.3, 0.4) is 0 Å². The standard InChI is InChI=1S/C20H29N7O/c1-2-18(22-20-23-24-25-27(20)17-6-4-3-5-7-17)19(28)26-12-10-16(11-13-26)21-14-15-8-9-15/h3-7,15-16,18,21H,2,8-14H2,1H3,(H,22,23,25). The molecular formula is C20H29N7O. The first-order valence-electron chi connectivity index (χ1n) is 10.4. The van der Waals surface area contributed by atoms with Crippen molar-refractivity contribution in [3.05, 3.63) is 30.3 Å². The molecule has 1 aromatic heterocycles. The van der Waals surface area contributed by atoms with Gasteiger partial charge in [-0.15, -0.1) is 0 Å². The van der Waals surface area contributed by atoms with Crippen LogP contribution in [0.1, 0.15) is 39.0 Å². The van der Waals surface area contributed by atoms with E-state index < -0.39 is 0 Å². The van der Waals surface area contributed by atoms with Crippen LogP contribution in [0.5, 0.6) is 0 Å². The Hall–Kier alpha value is -2.48. The molecule has 2 N–H and O–H groups in total. The summed E-state index contributed by atoms with van der Waals surface area (Å²) in [5, 5.41) is 18.8. The van der Waals surface area contributed by atoms with E-state index >= 15 is 0 Å². The predicted octanol–water partition coefficient (Wildman–Crippen LogP) is 1.84. The highest BCUT2D eigenvalue weighted by molar-refractivity contribution is 5.84. The molecule has 0 radical (unpaired) electrons. The Balaban J connectivity index is 1.34. The zero-order chi connectivity index (χ0) is 19.3. The van der Waals surface area contributed by atoms with Crippen molar-refractivity contribution in [3.63, 3.8) is 0 Å². The van der Waals surface area contributed by atoms with Gasteiger partial charge in [-0.05, 0) is 67.1 Å². The SMILES string of the molecule is CCC(Nc1nnnn1-c1ccccc1)C(=O)N1CCC(NCC2CC2)CC1. The molecule has 28 heavy (non-hydrogen) atoms. The van der Waals surface area contributed by atoms with E-state index in [4.69, 9.17) is 0 Å². The summed E-state index contributed by atoms with van der Waals surface area (Å²) in [5.41, 5.74) is 0.861. The Morgan fingerprint density at radius 3 is 2.61 bits per heavy atom. The molecule has 8 nitrogen and oxygen atoms in total. The van der Waals surface area contributed by atoms with Gasteiger partial charge in [0.25, 0.3) is 0 Å². The van der Waals surface area contributed by atoms with Crippen molar-refractivity contribution in [1.29, 1.82) is 0 Å². The van der Waals surface area contributed by atoms with Crippen LogP contribution >= 0.6 is 0 Å². The third-order valence-electron chi connectivity index (χ3n) is 5.68. The minimum Gasteiger partial charge on any atom is -0.341 e. The zero-order valence-electron chi connectivity index (χ0n) is 16.4. The van der Waals surface area contributed by atoms with Crippen molar-refractivity contribution in [1.82, 2.24) is 30.4 Å². The number of tetrazole rings is 1. The largest absolute Gasteiger partial charge is 0.341 e. The first-order valence-corrected chi connectivity index (χ1v) is 10.4. The molecule has 1 aliphatic heterocycles. The van der Waals surface area contributed by atoms with Crippen LogP contribution in [-0.2, 0) is 4.79 Å².